The largest absolute Gasteiger partial charge is 0.319 e. The molecule has 1 heterocycles. The molecule has 3 rings (SSSR count). The van der Waals surface area contributed by atoms with E-state index in [0.29, 0.717) is 18.0 Å². The fourth-order valence-electron chi connectivity index (χ4n) is 3.68. The van der Waals surface area contributed by atoms with Gasteiger partial charge >= 0.3 is 0 Å². The molecule has 21 heavy (non-hydrogen) atoms. The monoisotopic (exact) mass is 289 g/mol. The van der Waals surface area contributed by atoms with Crippen LogP contribution in [0.1, 0.15) is 37.3 Å². The summed E-state index contributed by atoms with van der Waals surface area (Å²) >= 11 is 0. The van der Waals surface area contributed by atoms with Gasteiger partial charge in [0.2, 0.25) is 0 Å². The van der Waals surface area contributed by atoms with Crippen LogP contribution >= 0.6 is 0 Å². The van der Waals surface area contributed by atoms with E-state index in [9.17, 15) is 10.1 Å². The number of hydrogen-bond donors (Lipinski definition) is 1. The average molecular weight is 289 g/mol. The summed E-state index contributed by atoms with van der Waals surface area (Å²) < 4.78 is 0. The van der Waals surface area contributed by atoms with Crippen molar-refractivity contribution in [1.82, 2.24) is 10.2 Å². The van der Waals surface area contributed by atoms with Crippen molar-refractivity contribution in [2.24, 2.45) is 5.92 Å². The number of nitro benzene ring substituents is 1. The number of benzene rings is 1. The third-order valence-electron chi connectivity index (χ3n) is 4.70. The lowest BCUT2D eigenvalue weighted by molar-refractivity contribution is -0.385. The second-order valence-electron chi connectivity index (χ2n) is 6.23. The molecular weight excluding hydrogens is 266 g/mol. The first-order valence-corrected chi connectivity index (χ1v) is 7.85. The molecular formula is C16H23N3O2. The third-order valence-corrected chi connectivity index (χ3v) is 4.70. The molecule has 5 nitrogen and oxygen atoms in total. The Kier molecular flexibility index (Phi) is 4.22. The third kappa shape index (κ3) is 3.09. The summed E-state index contributed by atoms with van der Waals surface area (Å²) in [5, 5.41) is 14.3. The minimum Gasteiger partial charge on any atom is -0.319 e. The van der Waals surface area contributed by atoms with E-state index in [2.05, 4.69) is 16.3 Å². The number of nitrogens with zero attached hydrogens (tertiary/aromatic N) is 2. The molecule has 0 spiro atoms. The number of nitrogens with one attached hydrogen (secondary N) is 1. The summed E-state index contributed by atoms with van der Waals surface area (Å²) in [7, 11) is 1.99. The van der Waals surface area contributed by atoms with Crippen molar-refractivity contribution in [2.75, 3.05) is 20.1 Å². The molecule has 0 radical (unpaired) electrons. The van der Waals surface area contributed by atoms with Gasteiger partial charge in [-0.05, 0) is 57.3 Å². The molecule has 2 fully saturated rings. The Hall–Kier alpha value is -1.46. The second kappa shape index (κ2) is 6.12. The Morgan fingerprint density at radius 1 is 1.38 bits per heavy atom. The Bertz CT molecular complexity index is 514. The van der Waals surface area contributed by atoms with Gasteiger partial charge in [0.1, 0.15) is 0 Å². The molecule has 0 aromatic heterocycles. The standard InChI is InChI=1S/C16H23N3O2/c1-17-11-13-5-3-9-18(14-7-8-14)16(13)12-4-2-6-15(10-12)19(20)21/h2,4,6,10,13-14,16-17H,3,5,7-9,11H2,1H3. The summed E-state index contributed by atoms with van der Waals surface area (Å²) in [5.74, 6) is 0.534. The Balaban J connectivity index is 1.92. The van der Waals surface area contributed by atoms with Gasteiger partial charge in [0.15, 0.2) is 0 Å². The van der Waals surface area contributed by atoms with Crippen LogP contribution in [0.15, 0.2) is 24.3 Å². The van der Waals surface area contributed by atoms with Gasteiger partial charge in [-0.3, -0.25) is 15.0 Å². The molecule has 0 amide bonds. The number of hydrogen-bond acceptors (Lipinski definition) is 4. The number of likely N-dealkylation sites (tertiary alicyclic amines) is 1. The van der Waals surface area contributed by atoms with Crippen LogP contribution in [-0.4, -0.2) is 36.0 Å². The molecule has 1 N–H and O–H groups in total. The van der Waals surface area contributed by atoms with Gasteiger partial charge in [-0.1, -0.05) is 12.1 Å². The van der Waals surface area contributed by atoms with Crippen molar-refractivity contribution in [3.05, 3.63) is 39.9 Å². The predicted octanol–water partition coefficient (Wildman–Crippen LogP) is 2.73. The molecule has 2 unspecified atom stereocenters. The molecule has 114 valence electrons. The molecule has 5 heteroatoms. The van der Waals surface area contributed by atoms with Crippen molar-refractivity contribution in [3.8, 4) is 0 Å². The normalized spacial score (nSPS) is 26.7. The smallest absolute Gasteiger partial charge is 0.269 e. The molecule has 2 atom stereocenters. The Labute approximate surface area is 125 Å². The summed E-state index contributed by atoms with van der Waals surface area (Å²) in [4.78, 5) is 13.3. The zero-order valence-electron chi connectivity index (χ0n) is 12.5. The van der Waals surface area contributed by atoms with Crippen LogP contribution in [0.3, 0.4) is 0 Å². The second-order valence-corrected chi connectivity index (χ2v) is 6.23. The first-order valence-electron chi connectivity index (χ1n) is 7.85. The van der Waals surface area contributed by atoms with Gasteiger partial charge in [-0.25, -0.2) is 0 Å². The van der Waals surface area contributed by atoms with E-state index in [1.807, 2.05) is 13.1 Å². The zero-order chi connectivity index (χ0) is 14.8. The van der Waals surface area contributed by atoms with Crippen LogP contribution in [0.4, 0.5) is 5.69 Å². The van der Waals surface area contributed by atoms with E-state index in [1.54, 1.807) is 12.1 Å². The topological polar surface area (TPSA) is 58.4 Å². The van der Waals surface area contributed by atoms with E-state index in [0.717, 1.165) is 18.7 Å². The number of rotatable bonds is 5. The zero-order valence-corrected chi connectivity index (χ0v) is 12.5. The molecule has 1 aromatic carbocycles. The number of piperidine rings is 1. The molecule has 1 aliphatic heterocycles. The Morgan fingerprint density at radius 3 is 2.86 bits per heavy atom. The van der Waals surface area contributed by atoms with Gasteiger partial charge in [0, 0.05) is 24.2 Å². The van der Waals surface area contributed by atoms with Crippen LogP contribution in [0.2, 0.25) is 0 Å². The van der Waals surface area contributed by atoms with Gasteiger partial charge in [-0.15, -0.1) is 0 Å². The molecule has 1 saturated carbocycles. The highest BCUT2D eigenvalue weighted by atomic mass is 16.6. The van der Waals surface area contributed by atoms with Crippen molar-refractivity contribution in [1.29, 1.82) is 0 Å². The van der Waals surface area contributed by atoms with Crippen LogP contribution in [0.5, 0.6) is 0 Å². The lowest BCUT2D eigenvalue weighted by Gasteiger charge is -2.42. The van der Waals surface area contributed by atoms with E-state index < -0.39 is 0 Å². The number of nitro groups is 1. The quantitative estimate of drug-likeness (QED) is 0.669. The first kappa shape index (κ1) is 14.5. The van der Waals surface area contributed by atoms with E-state index in [-0.39, 0.29) is 10.6 Å². The van der Waals surface area contributed by atoms with E-state index in [4.69, 9.17) is 0 Å². The maximum absolute atomic E-state index is 11.1. The van der Waals surface area contributed by atoms with Gasteiger partial charge < -0.3 is 5.32 Å². The number of non-ortho nitro benzene ring substituents is 1. The molecule has 1 aromatic rings. The predicted molar refractivity (Wildman–Crippen MR) is 82.2 cm³/mol. The van der Waals surface area contributed by atoms with Crippen LogP contribution in [0, 0.1) is 16.0 Å². The highest BCUT2D eigenvalue weighted by molar-refractivity contribution is 5.36. The lowest BCUT2D eigenvalue weighted by Crippen LogP contribution is -2.43. The molecule has 1 saturated heterocycles. The summed E-state index contributed by atoms with van der Waals surface area (Å²) in [5.41, 5.74) is 1.31. The van der Waals surface area contributed by atoms with Crippen molar-refractivity contribution in [2.45, 2.75) is 37.8 Å². The highest BCUT2D eigenvalue weighted by Gasteiger charge is 2.40. The summed E-state index contributed by atoms with van der Waals surface area (Å²) in [6.07, 6.45) is 4.97. The fraction of sp³-hybridized carbons (Fsp3) is 0.625. The highest BCUT2D eigenvalue weighted by Crippen LogP contribution is 2.43. The Morgan fingerprint density at radius 2 is 2.19 bits per heavy atom. The summed E-state index contributed by atoms with van der Waals surface area (Å²) in [6, 6.07) is 8.24. The van der Waals surface area contributed by atoms with E-state index >= 15 is 0 Å². The minimum absolute atomic E-state index is 0.206. The average Bonchev–Trinajstić information content (AvgIpc) is 3.32. The molecule has 0 bridgehead atoms. The minimum atomic E-state index is -0.291. The SMILES string of the molecule is CNCC1CCCN(C2CC2)C1c1cccc([N+](=O)[O-])c1. The maximum Gasteiger partial charge on any atom is 0.269 e. The molecule has 1 aliphatic carbocycles. The molecule has 2 aliphatic rings. The van der Waals surface area contributed by atoms with Gasteiger partial charge in [-0.2, -0.15) is 0 Å². The van der Waals surface area contributed by atoms with Gasteiger partial charge in [0.25, 0.3) is 5.69 Å². The van der Waals surface area contributed by atoms with Crippen LogP contribution < -0.4 is 5.32 Å². The van der Waals surface area contributed by atoms with E-state index in [1.165, 1.54) is 25.7 Å². The fourth-order valence-corrected chi connectivity index (χ4v) is 3.68. The summed E-state index contributed by atoms with van der Waals surface area (Å²) in [6.45, 7) is 2.09. The lowest BCUT2D eigenvalue weighted by atomic mass is 9.84. The van der Waals surface area contributed by atoms with Crippen molar-refractivity contribution < 1.29 is 4.92 Å². The van der Waals surface area contributed by atoms with Crippen molar-refractivity contribution in [3.63, 3.8) is 0 Å². The van der Waals surface area contributed by atoms with Crippen LogP contribution in [0.25, 0.3) is 0 Å². The maximum atomic E-state index is 11.1. The van der Waals surface area contributed by atoms with Gasteiger partial charge in [0.05, 0.1) is 4.92 Å². The first-order chi connectivity index (χ1) is 10.2. The van der Waals surface area contributed by atoms with Crippen LogP contribution in [-0.2, 0) is 0 Å². The van der Waals surface area contributed by atoms with Crippen molar-refractivity contribution >= 4 is 5.69 Å².